The molecule has 0 spiro atoms. The van der Waals surface area contributed by atoms with E-state index < -0.39 is 0 Å². The molecule has 0 aromatic heterocycles. The highest BCUT2D eigenvalue weighted by atomic mass is 16.5. The molecule has 1 amide bonds. The van der Waals surface area contributed by atoms with E-state index in [0.717, 1.165) is 66.0 Å². The van der Waals surface area contributed by atoms with Gasteiger partial charge in [0.2, 0.25) is 5.91 Å². The number of hydrogen-bond acceptors (Lipinski definition) is 6. The topological polar surface area (TPSA) is 89.2 Å². The van der Waals surface area contributed by atoms with Crippen LogP contribution >= 0.6 is 0 Å². The first-order chi connectivity index (χ1) is 19.7. The van der Waals surface area contributed by atoms with E-state index in [4.69, 9.17) is 15.2 Å². The summed E-state index contributed by atoms with van der Waals surface area (Å²) < 4.78 is 12.3. The molecule has 7 nitrogen and oxygen atoms in total. The predicted molar refractivity (Wildman–Crippen MR) is 167 cm³/mol. The lowest BCUT2D eigenvalue weighted by Gasteiger charge is -2.39. The maximum absolute atomic E-state index is 13.1. The molecular weight excluding hydrogens is 512 g/mol. The zero-order valence-electron chi connectivity index (χ0n) is 25.3. The molecule has 6 bridgehead atoms. The summed E-state index contributed by atoms with van der Waals surface area (Å²) in [6.45, 7) is 15.4. The number of rotatable bonds is 2. The summed E-state index contributed by atoms with van der Waals surface area (Å²) in [7, 11) is 0. The van der Waals surface area contributed by atoms with Gasteiger partial charge in [0.1, 0.15) is 17.1 Å². The van der Waals surface area contributed by atoms with Crippen molar-refractivity contribution in [3.05, 3.63) is 77.4 Å². The highest BCUT2D eigenvalue weighted by Gasteiger charge is 2.34. The minimum Gasteiger partial charge on any atom is -0.494 e. The molecule has 220 valence electrons. The molecule has 2 aromatic rings. The predicted octanol–water partition coefficient (Wildman–Crippen LogP) is 6.67. The molecule has 0 radical (unpaired) electrons. The van der Waals surface area contributed by atoms with Crippen LogP contribution in [0, 0.1) is 0 Å². The van der Waals surface area contributed by atoms with E-state index in [2.05, 4.69) is 61.1 Å². The van der Waals surface area contributed by atoms with E-state index in [1.165, 1.54) is 5.56 Å². The Morgan fingerprint density at radius 2 is 2.00 bits per heavy atom. The Hall–Kier alpha value is -3.74. The van der Waals surface area contributed by atoms with Crippen molar-refractivity contribution in [1.82, 2.24) is 10.2 Å². The van der Waals surface area contributed by atoms with Crippen molar-refractivity contribution in [3.63, 3.8) is 0 Å². The van der Waals surface area contributed by atoms with Gasteiger partial charge in [0.15, 0.2) is 5.96 Å². The molecule has 2 unspecified atom stereocenters. The van der Waals surface area contributed by atoms with E-state index in [-0.39, 0.29) is 29.6 Å². The van der Waals surface area contributed by atoms with E-state index in [9.17, 15) is 4.79 Å². The Morgan fingerprint density at radius 1 is 1.20 bits per heavy atom. The molecule has 6 rings (SSSR count). The largest absolute Gasteiger partial charge is 0.494 e. The smallest absolute Gasteiger partial charge is 0.231 e. The van der Waals surface area contributed by atoms with E-state index in [1.807, 2.05) is 39.0 Å². The number of carbonyl (C=O) groups excluding carboxylic acids is 1. The van der Waals surface area contributed by atoms with Gasteiger partial charge in [-0.25, -0.2) is 4.99 Å². The van der Waals surface area contributed by atoms with Crippen LogP contribution in [0.4, 0.5) is 0 Å². The molecule has 3 N–H and O–H groups in total. The third-order valence-electron chi connectivity index (χ3n) is 7.65. The van der Waals surface area contributed by atoms with Crippen LogP contribution in [0.15, 0.2) is 60.1 Å². The minimum absolute atomic E-state index is 0.00213. The molecule has 0 saturated heterocycles. The van der Waals surface area contributed by atoms with Crippen molar-refractivity contribution in [2.24, 2.45) is 10.7 Å². The lowest BCUT2D eigenvalue weighted by molar-refractivity contribution is -0.128. The maximum atomic E-state index is 13.1. The number of carbonyl (C=O) groups is 1. The van der Waals surface area contributed by atoms with Crippen LogP contribution in [-0.2, 0) is 17.8 Å². The number of aliphatic imine (C=N–C) groups is 1. The molecule has 0 saturated carbocycles. The third kappa shape index (κ3) is 7.32. The fourth-order valence-electron chi connectivity index (χ4n) is 5.70. The Kier molecular flexibility index (Phi) is 9.79. The Morgan fingerprint density at radius 3 is 2.76 bits per heavy atom. The van der Waals surface area contributed by atoms with Gasteiger partial charge >= 0.3 is 0 Å². The molecule has 4 heterocycles. The first-order valence-electron chi connectivity index (χ1n) is 15.0. The van der Waals surface area contributed by atoms with Crippen molar-refractivity contribution in [1.29, 1.82) is 0 Å². The molecule has 2 aromatic carbocycles. The van der Waals surface area contributed by atoms with Gasteiger partial charge in [0.05, 0.1) is 25.2 Å². The lowest BCUT2D eigenvalue weighted by atomic mass is 9.88. The minimum atomic E-state index is -0.312. The lowest BCUT2D eigenvalue weighted by Crippen LogP contribution is -2.46. The number of nitrogens with one attached hydrogen (secondary N) is 1. The summed E-state index contributed by atoms with van der Waals surface area (Å²) in [5.41, 5.74) is 11.0. The molecular formula is C34H46N4O3. The number of nitrogens with zero attached hydrogens (tertiary/aromatic N) is 2. The Labute approximate surface area is 245 Å². The van der Waals surface area contributed by atoms with Crippen LogP contribution in [0.5, 0.6) is 11.5 Å². The summed E-state index contributed by atoms with van der Waals surface area (Å²) in [6.07, 6.45) is 9.22. The number of allylic oxidation sites excluding steroid dienone is 2. The summed E-state index contributed by atoms with van der Waals surface area (Å²) >= 11 is 0. The number of benzene rings is 2. The average molecular weight is 559 g/mol. The number of guanidine groups is 1. The number of fused-ring (bicyclic) bond motifs is 6. The number of amides is 1. The standard InChI is InChI=1S/C32H40N4O3.C2H6/c1-5-38-28-15-13-23-17-24(28)20-36-30(37)18-25(35-31(36)33)11-9-7-6-8-10-22-12-14-29-26(16-22)27(34-21(23)2)19-32(3,4)39-29;1-2/h6,8,12-17,25,27,34H,2,5,7,9-11,18-20H2,1,3-4H3,(H2,33,35);1-2H3/b8-6-;. The maximum Gasteiger partial charge on any atom is 0.231 e. The fourth-order valence-corrected chi connectivity index (χ4v) is 5.70. The van der Waals surface area contributed by atoms with Crippen LogP contribution in [0.2, 0.25) is 0 Å². The van der Waals surface area contributed by atoms with Crippen LogP contribution in [0.1, 0.15) is 95.0 Å². The highest BCUT2D eigenvalue weighted by molar-refractivity contribution is 5.98. The molecule has 7 heteroatoms. The average Bonchev–Trinajstić information content (AvgIpc) is 2.93. The fraction of sp³-hybridized carbons (Fsp3) is 0.471. The van der Waals surface area contributed by atoms with E-state index in [0.29, 0.717) is 19.6 Å². The summed E-state index contributed by atoms with van der Waals surface area (Å²) in [6, 6.07) is 12.5. The molecule has 4 aliphatic heterocycles. The zero-order valence-corrected chi connectivity index (χ0v) is 25.3. The normalized spacial score (nSPS) is 22.8. The summed E-state index contributed by atoms with van der Waals surface area (Å²) in [5.74, 6) is 1.92. The molecule has 0 fully saturated rings. The SMILES string of the molecule is C=C1NC2CC(C)(C)Oc3ccc(cc32)C/C=C\CCCC2CC(=O)N(Cc3cc1ccc3OCC)C(N)=N2.CC. The van der Waals surface area contributed by atoms with Crippen molar-refractivity contribution in [2.75, 3.05) is 6.61 Å². The number of ether oxygens (including phenoxy) is 2. The Bertz CT molecular complexity index is 1310. The van der Waals surface area contributed by atoms with E-state index >= 15 is 0 Å². The highest BCUT2D eigenvalue weighted by Crippen LogP contribution is 2.41. The second kappa shape index (κ2) is 13.3. The van der Waals surface area contributed by atoms with Crippen molar-refractivity contribution in [3.8, 4) is 11.5 Å². The van der Waals surface area contributed by atoms with Crippen molar-refractivity contribution < 1.29 is 14.3 Å². The second-order valence-electron chi connectivity index (χ2n) is 11.3. The van der Waals surface area contributed by atoms with Crippen LogP contribution in [0.25, 0.3) is 5.70 Å². The van der Waals surface area contributed by atoms with Gasteiger partial charge in [-0.2, -0.15) is 0 Å². The quantitative estimate of drug-likeness (QED) is 0.402. The van der Waals surface area contributed by atoms with Crippen molar-refractivity contribution >= 4 is 17.6 Å². The number of hydrogen-bond donors (Lipinski definition) is 2. The van der Waals surface area contributed by atoms with Gasteiger partial charge in [-0.1, -0.05) is 38.6 Å². The first kappa shape index (κ1) is 30.2. The zero-order chi connectivity index (χ0) is 29.6. The van der Waals surface area contributed by atoms with Gasteiger partial charge in [-0.15, -0.1) is 0 Å². The monoisotopic (exact) mass is 558 g/mol. The van der Waals surface area contributed by atoms with Gasteiger partial charge < -0.3 is 20.5 Å². The van der Waals surface area contributed by atoms with Gasteiger partial charge in [-0.05, 0) is 87.9 Å². The van der Waals surface area contributed by atoms with Gasteiger partial charge in [0.25, 0.3) is 0 Å². The summed E-state index contributed by atoms with van der Waals surface area (Å²) in [5, 5.41) is 3.69. The molecule has 0 aliphatic carbocycles. The van der Waals surface area contributed by atoms with Gasteiger partial charge in [-0.3, -0.25) is 9.69 Å². The number of nitrogens with two attached hydrogens (primary N) is 1. The second-order valence-corrected chi connectivity index (χ2v) is 11.3. The van der Waals surface area contributed by atoms with Crippen LogP contribution in [0.3, 0.4) is 0 Å². The van der Waals surface area contributed by atoms with Crippen LogP contribution in [-0.4, -0.2) is 35.0 Å². The first-order valence-corrected chi connectivity index (χ1v) is 15.0. The van der Waals surface area contributed by atoms with E-state index in [1.54, 1.807) is 4.90 Å². The Balaban J connectivity index is 0.00000189. The summed E-state index contributed by atoms with van der Waals surface area (Å²) in [4.78, 5) is 19.4. The molecule has 4 aliphatic rings. The van der Waals surface area contributed by atoms with Gasteiger partial charge in [0, 0.05) is 29.7 Å². The third-order valence-corrected chi connectivity index (χ3v) is 7.65. The van der Waals surface area contributed by atoms with Crippen molar-refractivity contribution in [2.45, 2.75) is 97.4 Å². The molecule has 41 heavy (non-hydrogen) atoms. The van der Waals surface area contributed by atoms with Crippen LogP contribution < -0.4 is 20.5 Å². The molecule has 2 atom stereocenters.